The van der Waals surface area contributed by atoms with Crippen LogP contribution in [-0.4, -0.2) is 24.6 Å². The molecule has 0 saturated carbocycles. The van der Waals surface area contributed by atoms with E-state index >= 15 is 0 Å². The summed E-state index contributed by atoms with van der Waals surface area (Å²) in [6.45, 7) is 7.72. The highest BCUT2D eigenvalue weighted by molar-refractivity contribution is 5.81. The van der Waals surface area contributed by atoms with Crippen LogP contribution in [0.1, 0.15) is 39.5 Å². The molecule has 1 aliphatic heterocycles. The van der Waals surface area contributed by atoms with Crippen molar-refractivity contribution in [3.05, 3.63) is 12.7 Å². The molecule has 17 heavy (non-hydrogen) atoms. The molecule has 1 fully saturated rings. The van der Waals surface area contributed by atoms with Crippen molar-refractivity contribution in [2.45, 2.75) is 45.6 Å². The van der Waals surface area contributed by atoms with E-state index in [-0.39, 0.29) is 24.1 Å². The Morgan fingerprint density at radius 3 is 2.76 bits per heavy atom. The lowest BCUT2D eigenvalue weighted by Gasteiger charge is -2.30. The summed E-state index contributed by atoms with van der Waals surface area (Å²) in [5.74, 6) is -0.582. The van der Waals surface area contributed by atoms with Gasteiger partial charge in [-0.2, -0.15) is 0 Å². The summed E-state index contributed by atoms with van der Waals surface area (Å²) in [7, 11) is 0. The predicted molar refractivity (Wildman–Crippen MR) is 63.3 cm³/mol. The monoisotopic (exact) mass is 240 g/mol. The number of esters is 2. The summed E-state index contributed by atoms with van der Waals surface area (Å²) >= 11 is 0. The maximum Gasteiger partial charge on any atom is 0.330 e. The van der Waals surface area contributed by atoms with Crippen LogP contribution in [0, 0.1) is 5.41 Å². The van der Waals surface area contributed by atoms with E-state index in [1.54, 1.807) is 0 Å². The molecule has 96 valence electrons. The molecule has 1 atom stereocenters. The molecule has 4 nitrogen and oxygen atoms in total. The lowest BCUT2D eigenvalue weighted by Crippen LogP contribution is -2.31. The zero-order valence-corrected chi connectivity index (χ0v) is 10.5. The second-order valence-corrected chi connectivity index (χ2v) is 4.39. The fraction of sp³-hybridized carbons (Fsp3) is 0.692. The van der Waals surface area contributed by atoms with Crippen LogP contribution in [0.4, 0.5) is 0 Å². The lowest BCUT2D eigenvalue weighted by molar-refractivity contribution is -0.143. The summed E-state index contributed by atoms with van der Waals surface area (Å²) in [5, 5.41) is 0. The van der Waals surface area contributed by atoms with Gasteiger partial charge >= 0.3 is 11.9 Å². The van der Waals surface area contributed by atoms with Crippen LogP contribution in [0.5, 0.6) is 0 Å². The van der Waals surface area contributed by atoms with Crippen LogP contribution in [0.15, 0.2) is 12.7 Å². The first-order valence-electron chi connectivity index (χ1n) is 6.06. The average Bonchev–Trinajstić information content (AvgIpc) is 2.66. The van der Waals surface area contributed by atoms with E-state index in [1.807, 2.05) is 0 Å². The van der Waals surface area contributed by atoms with E-state index in [4.69, 9.17) is 9.47 Å². The minimum Gasteiger partial charge on any atom is -0.462 e. The Balaban J connectivity index is 2.53. The molecule has 0 N–H and O–H groups in total. The van der Waals surface area contributed by atoms with Crippen molar-refractivity contribution in [1.82, 2.24) is 0 Å². The van der Waals surface area contributed by atoms with Crippen LogP contribution >= 0.6 is 0 Å². The van der Waals surface area contributed by atoms with Gasteiger partial charge in [0, 0.05) is 17.9 Å². The summed E-state index contributed by atoms with van der Waals surface area (Å²) < 4.78 is 10.2. The Bertz CT molecular complexity index is 305. The number of carbonyl (C=O) groups is 2. The minimum absolute atomic E-state index is 0.0856. The predicted octanol–water partition coefficient (Wildman–Crippen LogP) is 2.23. The Morgan fingerprint density at radius 1 is 1.59 bits per heavy atom. The number of rotatable bonds is 6. The molecule has 4 heteroatoms. The topological polar surface area (TPSA) is 52.6 Å². The number of carbonyl (C=O) groups excluding carboxylic acids is 2. The van der Waals surface area contributed by atoms with Gasteiger partial charge in [0.2, 0.25) is 0 Å². The first kappa shape index (κ1) is 13.7. The zero-order valence-electron chi connectivity index (χ0n) is 10.5. The van der Waals surface area contributed by atoms with Gasteiger partial charge in [0.05, 0.1) is 13.0 Å². The van der Waals surface area contributed by atoms with Gasteiger partial charge in [-0.25, -0.2) is 4.79 Å². The van der Waals surface area contributed by atoms with Crippen molar-refractivity contribution in [2.75, 3.05) is 6.61 Å². The van der Waals surface area contributed by atoms with Gasteiger partial charge in [0.25, 0.3) is 0 Å². The normalized spacial score (nSPS) is 22.0. The molecule has 0 aliphatic carbocycles. The highest BCUT2D eigenvalue weighted by atomic mass is 16.6. The molecule has 0 aromatic carbocycles. The van der Waals surface area contributed by atoms with Gasteiger partial charge in [-0.05, 0) is 12.8 Å². The fourth-order valence-electron chi connectivity index (χ4n) is 2.37. The number of hydrogen-bond donors (Lipinski definition) is 0. The molecular formula is C13H20O4. The minimum atomic E-state index is -0.437. The van der Waals surface area contributed by atoms with Crippen molar-refractivity contribution in [1.29, 1.82) is 0 Å². The van der Waals surface area contributed by atoms with E-state index < -0.39 is 5.97 Å². The fourth-order valence-corrected chi connectivity index (χ4v) is 2.37. The van der Waals surface area contributed by atoms with Crippen molar-refractivity contribution in [2.24, 2.45) is 5.41 Å². The van der Waals surface area contributed by atoms with E-state index in [1.165, 1.54) is 0 Å². The van der Waals surface area contributed by atoms with Crippen molar-refractivity contribution < 1.29 is 19.1 Å². The molecule has 1 aliphatic rings. The molecule has 1 rings (SSSR count). The van der Waals surface area contributed by atoms with Gasteiger partial charge in [0.15, 0.2) is 0 Å². The first-order chi connectivity index (χ1) is 8.07. The number of hydrogen-bond acceptors (Lipinski definition) is 4. The van der Waals surface area contributed by atoms with Gasteiger partial charge in [-0.3, -0.25) is 4.79 Å². The third-order valence-electron chi connectivity index (χ3n) is 3.65. The number of ether oxygens (including phenoxy) is 2. The Morgan fingerprint density at radius 2 is 2.24 bits per heavy atom. The maximum absolute atomic E-state index is 11.4. The molecule has 1 heterocycles. The Labute approximate surface area is 102 Å². The lowest BCUT2D eigenvalue weighted by atomic mass is 9.75. The van der Waals surface area contributed by atoms with E-state index in [9.17, 15) is 9.59 Å². The molecule has 1 saturated heterocycles. The van der Waals surface area contributed by atoms with Crippen LogP contribution in [0.25, 0.3) is 0 Å². The molecule has 0 aromatic heterocycles. The second kappa shape index (κ2) is 5.84. The zero-order chi connectivity index (χ0) is 12.9. The van der Waals surface area contributed by atoms with E-state index in [2.05, 4.69) is 20.4 Å². The second-order valence-electron chi connectivity index (χ2n) is 4.39. The van der Waals surface area contributed by atoms with Gasteiger partial charge in [-0.1, -0.05) is 20.4 Å². The smallest absolute Gasteiger partial charge is 0.330 e. The Hall–Kier alpha value is -1.32. The van der Waals surface area contributed by atoms with E-state index in [0.29, 0.717) is 12.8 Å². The molecule has 0 bridgehead atoms. The molecule has 0 radical (unpaired) electrons. The van der Waals surface area contributed by atoms with Crippen molar-refractivity contribution >= 4 is 11.9 Å². The van der Waals surface area contributed by atoms with Crippen LogP contribution < -0.4 is 0 Å². The third-order valence-corrected chi connectivity index (χ3v) is 3.65. The molecule has 0 amide bonds. The summed E-state index contributed by atoms with van der Waals surface area (Å²) in [4.78, 5) is 22.3. The Kier molecular flexibility index (Phi) is 4.73. The molecule has 0 aromatic rings. The first-order valence-corrected chi connectivity index (χ1v) is 6.06. The quantitative estimate of drug-likeness (QED) is 0.527. The van der Waals surface area contributed by atoms with E-state index in [0.717, 1.165) is 18.9 Å². The molecule has 0 spiro atoms. The highest BCUT2D eigenvalue weighted by Crippen LogP contribution is 2.43. The van der Waals surface area contributed by atoms with Gasteiger partial charge < -0.3 is 9.47 Å². The van der Waals surface area contributed by atoms with Crippen LogP contribution in [-0.2, 0) is 19.1 Å². The summed E-state index contributed by atoms with van der Waals surface area (Å²) in [5.41, 5.74) is -0.0856. The average molecular weight is 240 g/mol. The van der Waals surface area contributed by atoms with Gasteiger partial charge in [-0.15, -0.1) is 0 Å². The number of cyclic esters (lactones) is 1. The molecular weight excluding hydrogens is 220 g/mol. The van der Waals surface area contributed by atoms with Crippen molar-refractivity contribution in [3.8, 4) is 0 Å². The summed E-state index contributed by atoms with van der Waals surface area (Å²) in [6.07, 6.45) is 3.83. The molecule has 1 unspecified atom stereocenters. The maximum atomic E-state index is 11.4. The largest absolute Gasteiger partial charge is 0.462 e. The van der Waals surface area contributed by atoms with Gasteiger partial charge in [0.1, 0.15) is 6.10 Å². The summed E-state index contributed by atoms with van der Waals surface area (Å²) in [6, 6.07) is 0. The van der Waals surface area contributed by atoms with Crippen LogP contribution in [0.2, 0.25) is 0 Å². The third kappa shape index (κ3) is 3.08. The highest BCUT2D eigenvalue weighted by Gasteiger charge is 2.46. The van der Waals surface area contributed by atoms with Crippen LogP contribution in [0.3, 0.4) is 0 Å². The standard InChI is InChI=1S/C13H20O4/c1-4-11(14)16-8-7-10-13(5-2,6-3)9-12(15)17-10/h4,10H,1,5-9H2,2-3H3. The van der Waals surface area contributed by atoms with Crippen molar-refractivity contribution in [3.63, 3.8) is 0 Å². The SMILES string of the molecule is C=CC(=O)OCCC1OC(=O)CC1(CC)CC.